The minimum absolute atomic E-state index is 0.162. The molecule has 5 heteroatoms. The van der Waals surface area contributed by atoms with Crippen molar-refractivity contribution in [2.45, 2.75) is 26.2 Å². The van der Waals surface area contributed by atoms with Crippen molar-refractivity contribution in [3.63, 3.8) is 0 Å². The van der Waals surface area contributed by atoms with E-state index in [-0.39, 0.29) is 17.2 Å². The van der Waals surface area contributed by atoms with Crippen molar-refractivity contribution in [1.82, 2.24) is 0 Å². The molecule has 0 heterocycles. The lowest BCUT2D eigenvalue weighted by Crippen LogP contribution is -2.19. The molecule has 0 aliphatic rings. The summed E-state index contributed by atoms with van der Waals surface area (Å²) in [5.74, 6) is 0. The zero-order valence-electron chi connectivity index (χ0n) is 10.9. The molecule has 1 rings (SSSR count). The van der Waals surface area contributed by atoms with Crippen LogP contribution in [-0.4, -0.2) is 30.2 Å². The van der Waals surface area contributed by atoms with Gasteiger partial charge in [0.2, 0.25) is 0 Å². The predicted octanol–water partition coefficient (Wildman–Crippen LogP) is 2.50. The first-order valence-corrected chi connectivity index (χ1v) is 6.14. The highest BCUT2D eigenvalue weighted by Gasteiger charge is 2.15. The number of aliphatic hydroxyl groups excluding tert-OH is 1. The zero-order valence-corrected chi connectivity index (χ0v) is 10.9. The smallest absolute Gasteiger partial charge is 0.274 e. The standard InChI is InChI=1S/C13H20N2O3/c1-11-12(7-6-8-13(11)15(17)18)14(2)9-4-3-5-10-16/h6-8,16H,3-5,9-10H2,1-2H3. The van der Waals surface area contributed by atoms with Crippen LogP contribution in [0.1, 0.15) is 24.8 Å². The minimum atomic E-state index is -0.349. The number of nitrogens with zero attached hydrogens (tertiary/aromatic N) is 2. The summed E-state index contributed by atoms with van der Waals surface area (Å²) in [5.41, 5.74) is 1.76. The summed E-state index contributed by atoms with van der Waals surface area (Å²) in [6.45, 7) is 2.83. The fraction of sp³-hybridized carbons (Fsp3) is 0.538. The monoisotopic (exact) mass is 252 g/mol. The summed E-state index contributed by atoms with van der Waals surface area (Å²) < 4.78 is 0. The molecule has 0 aromatic heterocycles. The van der Waals surface area contributed by atoms with Crippen molar-refractivity contribution in [3.05, 3.63) is 33.9 Å². The molecule has 18 heavy (non-hydrogen) atoms. The topological polar surface area (TPSA) is 66.6 Å². The number of aliphatic hydroxyl groups is 1. The van der Waals surface area contributed by atoms with Gasteiger partial charge in [0.25, 0.3) is 5.69 Å². The largest absolute Gasteiger partial charge is 0.396 e. The van der Waals surface area contributed by atoms with Crippen LogP contribution in [0.3, 0.4) is 0 Å². The van der Waals surface area contributed by atoms with Gasteiger partial charge in [0.15, 0.2) is 0 Å². The van der Waals surface area contributed by atoms with Gasteiger partial charge in [-0.2, -0.15) is 0 Å². The van der Waals surface area contributed by atoms with E-state index < -0.39 is 0 Å². The number of unbranched alkanes of at least 4 members (excludes halogenated alkanes) is 2. The highest BCUT2D eigenvalue weighted by molar-refractivity contribution is 5.60. The molecule has 0 aliphatic heterocycles. The van der Waals surface area contributed by atoms with Crippen LogP contribution in [0, 0.1) is 17.0 Å². The third kappa shape index (κ3) is 3.70. The number of anilines is 1. The second-order valence-corrected chi connectivity index (χ2v) is 4.38. The number of hydrogen-bond donors (Lipinski definition) is 1. The summed E-state index contributed by atoms with van der Waals surface area (Å²) in [4.78, 5) is 12.5. The molecule has 0 saturated heterocycles. The quantitative estimate of drug-likeness (QED) is 0.460. The van der Waals surface area contributed by atoms with Gasteiger partial charge in [-0.15, -0.1) is 0 Å². The van der Waals surface area contributed by atoms with E-state index in [1.807, 2.05) is 18.0 Å². The van der Waals surface area contributed by atoms with Crippen LogP contribution in [0.5, 0.6) is 0 Å². The van der Waals surface area contributed by atoms with E-state index in [0.717, 1.165) is 31.5 Å². The first kappa shape index (κ1) is 14.4. The number of nitro benzene ring substituents is 1. The molecule has 0 aliphatic carbocycles. The predicted molar refractivity (Wildman–Crippen MR) is 72.0 cm³/mol. The van der Waals surface area contributed by atoms with Gasteiger partial charge in [0.05, 0.1) is 4.92 Å². The summed E-state index contributed by atoms with van der Waals surface area (Å²) in [7, 11) is 1.94. The molecule has 0 atom stereocenters. The van der Waals surface area contributed by atoms with Gasteiger partial charge in [0.1, 0.15) is 0 Å². The van der Waals surface area contributed by atoms with Crippen molar-refractivity contribution in [1.29, 1.82) is 0 Å². The number of benzene rings is 1. The number of hydrogen-bond acceptors (Lipinski definition) is 4. The van der Waals surface area contributed by atoms with Crippen molar-refractivity contribution >= 4 is 11.4 Å². The molecule has 0 saturated carbocycles. The maximum atomic E-state index is 10.9. The van der Waals surface area contributed by atoms with Crippen LogP contribution in [0.4, 0.5) is 11.4 Å². The summed E-state index contributed by atoms with van der Waals surface area (Å²) in [6.07, 6.45) is 2.75. The van der Waals surface area contributed by atoms with Crippen LogP contribution in [0.25, 0.3) is 0 Å². The normalized spacial score (nSPS) is 10.4. The second kappa shape index (κ2) is 6.96. The Labute approximate surface area is 107 Å². The summed E-state index contributed by atoms with van der Waals surface area (Å²) in [5, 5.41) is 19.6. The lowest BCUT2D eigenvalue weighted by Gasteiger charge is -2.21. The molecule has 0 spiro atoms. The lowest BCUT2D eigenvalue weighted by molar-refractivity contribution is -0.385. The van der Waals surface area contributed by atoms with Crippen LogP contribution in [0.2, 0.25) is 0 Å². The zero-order chi connectivity index (χ0) is 13.5. The Morgan fingerprint density at radius 1 is 1.33 bits per heavy atom. The second-order valence-electron chi connectivity index (χ2n) is 4.38. The Morgan fingerprint density at radius 2 is 2.06 bits per heavy atom. The third-order valence-corrected chi connectivity index (χ3v) is 3.04. The van der Waals surface area contributed by atoms with Gasteiger partial charge < -0.3 is 10.0 Å². The maximum absolute atomic E-state index is 10.9. The Bertz CT molecular complexity index is 407. The Morgan fingerprint density at radius 3 is 2.67 bits per heavy atom. The molecular weight excluding hydrogens is 232 g/mol. The van der Waals surface area contributed by atoms with Crippen LogP contribution >= 0.6 is 0 Å². The van der Waals surface area contributed by atoms with Gasteiger partial charge in [-0.1, -0.05) is 6.07 Å². The molecule has 0 bridgehead atoms. The average Bonchev–Trinajstić information content (AvgIpc) is 2.34. The van der Waals surface area contributed by atoms with E-state index in [0.29, 0.717) is 5.56 Å². The van der Waals surface area contributed by atoms with Gasteiger partial charge in [-0.05, 0) is 32.3 Å². The molecule has 0 fully saturated rings. The van der Waals surface area contributed by atoms with Gasteiger partial charge in [0, 0.05) is 37.5 Å². The van der Waals surface area contributed by atoms with Crippen LogP contribution in [0.15, 0.2) is 18.2 Å². The number of rotatable bonds is 7. The van der Waals surface area contributed by atoms with Gasteiger partial charge in [-0.25, -0.2) is 0 Å². The van der Waals surface area contributed by atoms with Crippen LogP contribution < -0.4 is 4.90 Å². The minimum Gasteiger partial charge on any atom is -0.396 e. The Balaban J connectivity index is 2.70. The fourth-order valence-corrected chi connectivity index (χ4v) is 1.98. The Kier molecular flexibility index (Phi) is 5.58. The molecule has 0 radical (unpaired) electrons. The highest BCUT2D eigenvalue weighted by Crippen LogP contribution is 2.27. The van der Waals surface area contributed by atoms with Gasteiger partial charge in [-0.3, -0.25) is 10.1 Å². The summed E-state index contributed by atoms with van der Waals surface area (Å²) >= 11 is 0. The summed E-state index contributed by atoms with van der Waals surface area (Å²) in [6, 6.07) is 5.14. The maximum Gasteiger partial charge on any atom is 0.274 e. The van der Waals surface area contributed by atoms with E-state index in [1.54, 1.807) is 13.0 Å². The average molecular weight is 252 g/mol. The van der Waals surface area contributed by atoms with Crippen LogP contribution in [-0.2, 0) is 0 Å². The van der Waals surface area contributed by atoms with E-state index in [4.69, 9.17) is 5.11 Å². The lowest BCUT2D eigenvalue weighted by atomic mass is 10.1. The number of nitro groups is 1. The first-order valence-electron chi connectivity index (χ1n) is 6.14. The highest BCUT2D eigenvalue weighted by atomic mass is 16.6. The first-order chi connectivity index (χ1) is 8.57. The van der Waals surface area contributed by atoms with Crippen molar-refractivity contribution in [3.8, 4) is 0 Å². The van der Waals surface area contributed by atoms with E-state index in [9.17, 15) is 10.1 Å². The molecule has 0 amide bonds. The molecule has 5 nitrogen and oxygen atoms in total. The fourth-order valence-electron chi connectivity index (χ4n) is 1.98. The third-order valence-electron chi connectivity index (χ3n) is 3.04. The SMILES string of the molecule is Cc1c(N(C)CCCCCO)cccc1[N+](=O)[O-]. The molecule has 100 valence electrons. The molecule has 1 aromatic carbocycles. The van der Waals surface area contributed by atoms with Crippen molar-refractivity contribution < 1.29 is 10.0 Å². The van der Waals surface area contributed by atoms with Crippen molar-refractivity contribution in [2.24, 2.45) is 0 Å². The van der Waals surface area contributed by atoms with E-state index in [1.165, 1.54) is 6.07 Å². The molecular formula is C13H20N2O3. The van der Waals surface area contributed by atoms with E-state index in [2.05, 4.69) is 0 Å². The molecule has 0 unspecified atom stereocenters. The van der Waals surface area contributed by atoms with Crippen molar-refractivity contribution in [2.75, 3.05) is 25.1 Å². The van der Waals surface area contributed by atoms with E-state index >= 15 is 0 Å². The molecule has 1 N–H and O–H groups in total. The molecule has 1 aromatic rings. The Hall–Kier alpha value is -1.62. The van der Waals surface area contributed by atoms with Gasteiger partial charge >= 0.3 is 0 Å².